The minimum Gasteiger partial charge on any atom is -0.382 e. The summed E-state index contributed by atoms with van der Waals surface area (Å²) < 4.78 is 26.9. The van der Waals surface area contributed by atoms with E-state index in [1.165, 1.54) is 12.1 Å². The molecule has 3 heteroatoms. The van der Waals surface area contributed by atoms with E-state index in [0.717, 1.165) is 0 Å². The van der Waals surface area contributed by atoms with Gasteiger partial charge in [-0.1, -0.05) is 24.3 Å². The van der Waals surface area contributed by atoms with Gasteiger partial charge in [0, 0.05) is 11.7 Å². The summed E-state index contributed by atoms with van der Waals surface area (Å²) in [5.41, 5.74) is 1.99. The molecule has 19 heavy (non-hydrogen) atoms. The van der Waals surface area contributed by atoms with E-state index in [4.69, 9.17) is 0 Å². The van der Waals surface area contributed by atoms with Crippen LogP contribution in [-0.2, 0) is 6.42 Å². The maximum absolute atomic E-state index is 13.5. The van der Waals surface area contributed by atoms with Gasteiger partial charge in [-0.3, -0.25) is 0 Å². The SMILES string of the molecule is Cc1ccc(NC(C)Cc2ccccc2F)cc1F. The molecule has 0 heterocycles. The average Bonchev–Trinajstić information content (AvgIpc) is 2.37. The van der Waals surface area contributed by atoms with Gasteiger partial charge in [0.1, 0.15) is 11.6 Å². The molecule has 1 N–H and O–H groups in total. The topological polar surface area (TPSA) is 12.0 Å². The maximum atomic E-state index is 13.5. The average molecular weight is 261 g/mol. The summed E-state index contributed by atoms with van der Waals surface area (Å²) in [6.45, 7) is 3.67. The van der Waals surface area contributed by atoms with Crippen LogP contribution in [0.4, 0.5) is 14.5 Å². The first kappa shape index (κ1) is 13.5. The van der Waals surface area contributed by atoms with E-state index in [9.17, 15) is 8.78 Å². The molecule has 100 valence electrons. The van der Waals surface area contributed by atoms with Crippen LogP contribution >= 0.6 is 0 Å². The van der Waals surface area contributed by atoms with E-state index in [1.54, 1.807) is 25.1 Å². The van der Waals surface area contributed by atoms with Gasteiger partial charge in [-0.05, 0) is 49.6 Å². The smallest absolute Gasteiger partial charge is 0.128 e. The third-order valence-electron chi connectivity index (χ3n) is 3.07. The lowest BCUT2D eigenvalue weighted by atomic mass is 10.1. The molecular weight excluding hydrogens is 244 g/mol. The third kappa shape index (κ3) is 3.53. The minimum atomic E-state index is -0.233. The van der Waals surface area contributed by atoms with Crippen molar-refractivity contribution in [2.24, 2.45) is 0 Å². The fourth-order valence-electron chi connectivity index (χ4n) is 2.01. The second-order valence-corrected chi connectivity index (χ2v) is 4.80. The van der Waals surface area contributed by atoms with E-state index in [-0.39, 0.29) is 17.7 Å². The first-order valence-corrected chi connectivity index (χ1v) is 6.32. The zero-order chi connectivity index (χ0) is 13.8. The molecule has 2 rings (SSSR count). The van der Waals surface area contributed by atoms with Crippen molar-refractivity contribution in [3.05, 3.63) is 65.2 Å². The van der Waals surface area contributed by atoms with Gasteiger partial charge in [0.2, 0.25) is 0 Å². The van der Waals surface area contributed by atoms with Gasteiger partial charge in [0.05, 0.1) is 0 Å². The van der Waals surface area contributed by atoms with Crippen molar-refractivity contribution < 1.29 is 8.78 Å². The van der Waals surface area contributed by atoms with E-state index in [0.29, 0.717) is 23.2 Å². The predicted molar refractivity (Wildman–Crippen MR) is 74.3 cm³/mol. The van der Waals surface area contributed by atoms with Crippen LogP contribution in [0.2, 0.25) is 0 Å². The Labute approximate surface area is 112 Å². The van der Waals surface area contributed by atoms with Gasteiger partial charge in [-0.15, -0.1) is 0 Å². The number of benzene rings is 2. The number of hydrogen-bond acceptors (Lipinski definition) is 1. The summed E-state index contributed by atoms with van der Waals surface area (Å²) in [7, 11) is 0. The first-order valence-electron chi connectivity index (χ1n) is 6.32. The molecule has 0 fully saturated rings. The second-order valence-electron chi connectivity index (χ2n) is 4.80. The Morgan fingerprint density at radius 3 is 2.47 bits per heavy atom. The number of aryl methyl sites for hydroxylation is 1. The molecule has 0 saturated heterocycles. The molecule has 0 saturated carbocycles. The molecule has 1 nitrogen and oxygen atoms in total. The van der Waals surface area contributed by atoms with Gasteiger partial charge in [0.25, 0.3) is 0 Å². The molecule has 0 spiro atoms. The van der Waals surface area contributed by atoms with Crippen molar-refractivity contribution in [3.8, 4) is 0 Å². The Morgan fingerprint density at radius 1 is 1.05 bits per heavy atom. The molecule has 0 bridgehead atoms. The molecule has 0 aromatic heterocycles. The maximum Gasteiger partial charge on any atom is 0.128 e. The van der Waals surface area contributed by atoms with Crippen molar-refractivity contribution in [2.75, 3.05) is 5.32 Å². The highest BCUT2D eigenvalue weighted by molar-refractivity contribution is 5.46. The second kappa shape index (κ2) is 5.83. The minimum absolute atomic E-state index is 0.0269. The van der Waals surface area contributed by atoms with Gasteiger partial charge in [-0.25, -0.2) is 8.78 Å². The zero-order valence-corrected chi connectivity index (χ0v) is 11.1. The fraction of sp³-hybridized carbons (Fsp3) is 0.250. The predicted octanol–water partition coefficient (Wildman–Crippen LogP) is 4.32. The van der Waals surface area contributed by atoms with Gasteiger partial charge >= 0.3 is 0 Å². The molecule has 0 aliphatic rings. The lowest BCUT2D eigenvalue weighted by molar-refractivity contribution is 0.600. The van der Waals surface area contributed by atoms with Crippen molar-refractivity contribution >= 4 is 5.69 Å². The summed E-state index contributed by atoms with van der Waals surface area (Å²) in [4.78, 5) is 0. The summed E-state index contributed by atoms with van der Waals surface area (Å²) in [5, 5.41) is 3.18. The van der Waals surface area contributed by atoms with Crippen LogP contribution in [0.3, 0.4) is 0 Å². The largest absolute Gasteiger partial charge is 0.382 e. The molecule has 0 amide bonds. The quantitative estimate of drug-likeness (QED) is 0.864. The lowest BCUT2D eigenvalue weighted by Crippen LogP contribution is -2.18. The number of rotatable bonds is 4. The van der Waals surface area contributed by atoms with E-state index in [1.807, 2.05) is 19.1 Å². The monoisotopic (exact) mass is 261 g/mol. The van der Waals surface area contributed by atoms with Crippen molar-refractivity contribution in [1.82, 2.24) is 0 Å². The molecule has 1 unspecified atom stereocenters. The summed E-state index contributed by atoms with van der Waals surface area (Å²) in [6.07, 6.45) is 0.558. The van der Waals surface area contributed by atoms with Crippen LogP contribution < -0.4 is 5.32 Å². The summed E-state index contributed by atoms with van der Waals surface area (Å²) in [5.74, 6) is -0.436. The Balaban J connectivity index is 2.03. The first-order chi connectivity index (χ1) is 9.06. The standard InChI is InChI=1S/C16H17F2N/c1-11-7-8-14(10-16(11)18)19-12(2)9-13-5-3-4-6-15(13)17/h3-8,10,12,19H,9H2,1-2H3. The molecule has 0 radical (unpaired) electrons. The van der Waals surface area contributed by atoms with E-state index in [2.05, 4.69) is 5.32 Å². The Bertz CT molecular complexity index is 566. The van der Waals surface area contributed by atoms with E-state index >= 15 is 0 Å². The molecule has 0 aliphatic carbocycles. The number of nitrogens with one attached hydrogen (secondary N) is 1. The van der Waals surface area contributed by atoms with Crippen molar-refractivity contribution in [2.45, 2.75) is 26.3 Å². The number of hydrogen-bond donors (Lipinski definition) is 1. The van der Waals surface area contributed by atoms with E-state index < -0.39 is 0 Å². The normalized spacial score (nSPS) is 12.2. The van der Waals surface area contributed by atoms with Gasteiger partial charge in [0.15, 0.2) is 0 Å². The van der Waals surface area contributed by atoms with Gasteiger partial charge < -0.3 is 5.32 Å². The molecule has 1 atom stereocenters. The van der Waals surface area contributed by atoms with Crippen LogP contribution in [0.5, 0.6) is 0 Å². The molecular formula is C16H17F2N. The summed E-state index contributed by atoms with van der Waals surface area (Å²) in [6, 6.07) is 11.8. The van der Waals surface area contributed by atoms with Crippen LogP contribution in [0, 0.1) is 18.6 Å². The van der Waals surface area contributed by atoms with Crippen LogP contribution in [-0.4, -0.2) is 6.04 Å². The summed E-state index contributed by atoms with van der Waals surface area (Å²) >= 11 is 0. The molecule has 0 aliphatic heterocycles. The van der Waals surface area contributed by atoms with Crippen LogP contribution in [0.15, 0.2) is 42.5 Å². The highest BCUT2D eigenvalue weighted by Crippen LogP contribution is 2.16. The van der Waals surface area contributed by atoms with Crippen molar-refractivity contribution in [1.29, 1.82) is 0 Å². The molecule has 2 aromatic carbocycles. The Hall–Kier alpha value is -1.90. The Morgan fingerprint density at radius 2 is 1.79 bits per heavy atom. The number of anilines is 1. The molecule has 2 aromatic rings. The Kier molecular flexibility index (Phi) is 4.15. The van der Waals surface area contributed by atoms with Crippen molar-refractivity contribution in [3.63, 3.8) is 0 Å². The third-order valence-corrected chi connectivity index (χ3v) is 3.07. The highest BCUT2D eigenvalue weighted by atomic mass is 19.1. The van der Waals surface area contributed by atoms with Crippen LogP contribution in [0.25, 0.3) is 0 Å². The van der Waals surface area contributed by atoms with Gasteiger partial charge in [-0.2, -0.15) is 0 Å². The highest BCUT2D eigenvalue weighted by Gasteiger charge is 2.08. The zero-order valence-electron chi connectivity index (χ0n) is 11.1. The lowest BCUT2D eigenvalue weighted by Gasteiger charge is -2.16. The fourth-order valence-corrected chi connectivity index (χ4v) is 2.01. The number of halogens is 2. The van der Waals surface area contributed by atoms with Crippen LogP contribution in [0.1, 0.15) is 18.1 Å².